The molecule has 1 radical (unpaired) electrons. The van der Waals surface area contributed by atoms with Crippen molar-refractivity contribution in [1.82, 2.24) is 0 Å². The van der Waals surface area contributed by atoms with Crippen LogP contribution in [-0.2, 0) is 9.13 Å². The van der Waals surface area contributed by atoms with Gasteiger partial charge in [-0.1, -0.05) is 0 Å². The van der Waals surface area contributed by atoms with Crippen molar-refractivity contribution < 1.29 is 28.7 Å². The van der Waals surface area contributed by atoms with Gasteiger partial charge in [0.15, 0.2) is 0 Å². The van der Waals surface area contributed by atoms with Gasteiger partial charge in [-0.05, 0) is 13.8 Å². The maximum absolute atomic E-state index is 10.5. The number of hydrogen-bond donors (Lipinski definition) is 4. The van der Waals surface area contributed by atoms with E-state index in [1.165, 1.54) is 0 Å². The molecule has 0 aliphatic heterocycles. The van der Waals surface area contributed by atoms with Crippen LogP contribution in [0.1, 0.15) is 13.8 Å². The summed E-state index contributed by atoms with van der Waals surface area (Å²) in [6, 6.07) is 0. The Balaban J connectivity index is 4.64. The van der Waals surface area contributed by atoms with Crippen molar-refractivity contribution >= 4 is 15.2 Å². The first-order chi connectivity index (χ1) is 5.07. The largest absolute Gasteiger partial charge is 0.333 e. The second-order valence-electron chi connectivity index (χ2n) is 2.45. The first-order valence-corrected chi connectivity index (χ1v) is 6.31. The molecular formula is C4H11O6P2. The molecule has 0 aromatic heterocycles. The van der Waals surface area contributed by atoms with E-state index in [0.717, 1.165) is 13.8 Å². The molecule has 8 heteroatoms. The Bertz CT molecular complexity index is 212. The van der Waals surface area contributed by atoms with E-state index in [2.05, 4.69) is 0 Å². The lowest BCUT2D eigenvalue weighted by Gasteiger charge is -2.20. The van der Waals surface area contributed by atoms with Crippen LogP contribution < -0.4 is 0 Å². The van der Waals surface area contributed by atoms with Crippen molar-refractivity contribution in [2.45, 2.75) is 19.5 Å². The second-order valence-corrected chi connectivity index (χ2v) is 6.20. The average molecular weight is 217 g/mol. The van der Waals surface area contributed by atoms with Crippen LogP contribution in [0.25, 0.3) is 0 Å². The summed E-state index contributed by atoms with van der Waals surface area (Å²) in [6.07, 6.45) is 0. The highest BCUT2D eigenvalue weighted by Crippen LogP contribution is 2.58. The first-order valence-electron chi connectivity index (χ1n) is 3.01. The van der Waals surface area contributed by atoms with Gasteiger partial charge in [-0.3, -0.25) is 9.13 Å². The third kappa shape index (κ3) is 3.35. The van der Waals surface area contributed by atoms with E-state index >= 15 is 0 Å². The number of rotatable bonds is 3. The third-order valence-corrected chi connectivity index (χ3v) is 4.47. The van der Waals surface area contributed by atoms with E-state index in [1.54, 1.807) is 0 Å². The van der Waals surface area contributed by atoms with E-state index in [9.17, 15) is 9.13 Å². The molecule has 1 unspecified atom stereocenters. The minimum atomic E-state index is -4.48. The molecule has 0 aliphatic rings. The van der Waals surface area contributed by atoms with E-state index in [-0.39, 0.29) is 0 Å². The topological polar surface area (TPSA) is 115 Å². The molecular weight excluding hydrogens is 206 g/mol. The maximum atomic E-state index is 10.5. The Morgan fingerprint density at radius 3 is 1.58 bits per heavy atom. The normalized spacial score (nSPS) is 16.6. The fourth-order valence-electron chi connectivity index (χ4n) is 0.487. The van der Waals surface area contributed by atoms with Crippen LogP contribution >= 0.6 is 15.2 Å². The highest BCUT2D eigenvalue weighted by molar-refractivity contribution is 7.59. The summed E-state index contributed by atoms with van der Waals surface area (Å²) in [5.41, 5.74) is -1.89. The fourth-order valence-corrected chi connectivity index (χ4v) is 2.36. The van der Waals surface area contributed by atoms with E-state index < -0.39 is 26.5 Å². The van der Waals surface area contributed by atoms with Crippen LogP contribution in [0.2, 0.25) is 0 Å². The van der Waals surface area contributed by atoms with Gasteiger partial charge < -0.3 is 19.6 Å². The van der Waals surface area contributed by atoms with E-state index in [1.807, 2.05) is 0 Å². The Morgan fingerprint density at radius 2 is 1.50 bits per heavy atom. The molecule has 6 nitrogen and oxygen atoms in total. The van der Waals surface area contributed by atoms with Crippen molar-refractivity contribution in [3.8, 4) is 0 Å². The maximum Gasteiger partial charge on any atom is 0.333 e. The van der Waals surface area contributed by atoms with Gasteiger partial charge in [0.25, 0.3) is 0 Å². The highest BCUT2D eigenvalue weighted by atomic mass is 31.2. The van der Waals surface area contributed by atoms with Gasteiger partial charge >= 0.3 is 15.2 Å². The highest BCUT2D eigenvalue weighted by Gasteiger charge is 2.39. The molecule has 0 spiro atoms. The second kappa shape index (κ2) is 3.58. The predicted octanol–water partition coefficient (Wildman–Crippen LogP) is 0.282. The molecule has 0 saturated heterocycles. The summed E-state index contributed by atoms with van der Waals surface area (Å²) in [5, 5.41) is 0. The Labute approximate surface area is 69.9 Å². The Hall–Kier alpha value is 0.300. The lowest BCUT2D eigenvalue weighted by molar-refractivity contribution is 0.349. The smallest absolute Gasteiger partial charge is 0.324 e. The third-order valence-electron chi connectivity index (χ3n) is 1.57. The SMILES string of the molecule is C[C](C(C)P(=O)(O)O)P(=O)(O)O. The van der Waals surface area contributed by atoms with E-state index in [0.29, 0.717) is 0 Å². The van der Waals surface area contributed by atoms with Crippen LogP contribution in [0.15, 0.2) is 0 Å². The molecule has 0 aromatic carbocycles. The van der Waals surface area contributed by atoms with Crippen molar-refractivity contribution in [1.29, 1.82) is 0 Å². The van der Waals surface area contributed by atoms with Crippen LogP contribution in [0.4, 0.5) is 0 Å². The Morgan fingerprint density at radius 1 is 1.17 bits per heavy atom. The van der Waals surface area contributed by atoms with Gasteiger partial charge in [0, 0.05) is 0 Å². The van der Waals surface area contributed by atoms with Gasteiger partial charge in [0.05, 0.1) is 5.66 Å². The van der Waals surface area contributed by atoms with Crippen molar-refractivity contribution in [3.63, 3.8) is 0 Å². The molecule has 1 atom stereocenters. The molecule has 4 N–H and O–H groups in total. The average Bonchev–Trinajstić information content (AvgIpc) is 1.80. The van der Waals surface area contributed by atoms with Crippen LogP contribution in [0.3, 0.4) is 0 Å². The minimum absolute atomic E-state index is 0.490. The molecule has 0 aliphatic carbocycles. The van der Waals surface area contributed by atoms with Crippen LogP contribution in [0, 0.1) is 5.66 Å². The summed E-state index contributed by atoms with van der Waals surface area (Å²) in [6.45, 7) is 2.11. The van der Waals surface area contributed by atoms with Gasteiger partial charge in [-0.25, -0.2) is 0 Å². The van der Waals surface area contributed by atoms with Crippen molar-refractivity contribution in [3.05, 3.63) is 5.66 Å². The standard InChI is InChI=1S/C4H11O6P2/c1-3(11(5,6)7)4(2)12(8,9)10/h3H,1-2H3,(H2,5,6,7)(H2,8,9,10). The molecule has 12 heavy (non-hydrogen) atoms. The summed E-state index contributed by atoms with van der Waals surface area (Å²) in [4.78, 5) is 34.2. The molecule has 0 rings (SSSR count). The molecule has 0 aromatic rings. The molecule has 0 bridgehead atoms. The lowest BCUT2D eigenvalue weighted by atomic mass is 10.4. The molecule has 0 saturated carbocycles. The van der Waals surface area contributed by atoms with E-state index in [4.69, 9.17) is 19.6 Å². The summed E-state index contributed by atoms with van der Waals surface area (Å²) in [7, 11) is -8.92. The zero-order chi connectivity index (χ0) is 10.2. The quantitative estimate of drug-likeness (QED) is 0.504. The fraction of sp³-hybridized carbons (Fsp3) is 0.750. The predicted molar refractivity (Wildman–Crippen MR) is 42.5 cm³/mol. The summed E-state index contributed by atoms with van der Waals surface area (Å²) >= 11 is 0. The molecule has 0 amide bonds. The van der Waals surface area contributed by atoms with Gasteiger partial charge in [-0.2, -0.15) is 0 Å². The van der Waals surface area contributed by atoms with Crippen molar-refractivity contribution in [2.24, 2.45) is 0 Å². The summed E-state index contributed by atoms with van der Waals surface area (Å²) < 4.78 is 21.1. The van der Waals surface area contributed by atoms with Gasteiger partial charge in [-0.15, -0.1) is 0 Å². The minimum Gasteiger partial charge on any atom is -0.324 e. The van der Waals surface area contributed by atoms with Crippen molar-refractivity contribution in [2.75, 3.05) is 0 Å². The molecule has 0 heterocycles. The van der Waals surface area contributed by atoms with Gasteiger partial charge in [0.1, 0.15) is 5.66 Å². The zero-order valence-corrected chi connectivity index (χ0v) is 8.37. The number of hydrogen-bond acceptors (Lipinski definition) is 2. The van der Waals surface area contributed by atoms with Crippen LogP contribution in [0.5, 0.6) is 0 Å². The lowest BCUT2D eigenvalue weighted by Crippen LogP contribution is -2.12. The Kier molecular flexibility index (Phi) is 3.67. The molecule has 0 fully saturated rings. The summed E-state index contributed by atoms with van der Waals surface area (Å²) in [5.74, 6) is 0. The first kappa shape index (κ1) is 12.3. The van der Waals surface area contributed by atoms with Crippen LogP contribution in [-0.4, -0.2) is 25.2 Å². The van der Waals surface area contributed by atoms with Gasteiger partial charge in [0.2, 0.25) is 0 Å². The zero-order valence-electron chi connectivity index (χ0n) is 6.58. The molecule has 73 valence electrons. The monoisotopic (exact) mass is 217 g/mol.